The Kier molecular flexibility index (Phi) is 7.38. The van der Waals surface area contributed by atoms with E-state index >= 15 is 0 Å². The largest absolute Gasteiger partial charge is 0.353 e. The highest BCUT2D eigenvalue weighted by molar-refractivity contribution is 8.00. The minimum absolute atomic E-state index is 0.0683. The number of benzene rings is 3. The predicted molar refractivity (Wildman–Crippen MR) is 144 cm³/mol. The Bertz CT molecular complexity index is 1340. The Morgan fingerprint density at radius 2 is 1.69 bits per heavy atom. The highest BCUT2D eigenvalue weighted by Gasteiger charge is 2.17. The van der Waals surface area contributed by atoms with Crippen LogP contribution < -0.4 is 10.6 Å². The van der Waals surface area contributed by atoms with Crippen molar-refractivity contribution in [2.45, 2.75) is 49.6 Å². The van der Waals surface area contributed by atoms with Crippen molar-refractivity contribution in [1.29, 1.82) is 0 Å². The van der Waals surface area contributed by atoms with Crippen molar-refractivity contribution in [1.82, 2.24) is 15.2 Å². The molecular formula is C29H31N3O2S. The summed E-state index contributed by atoms with van der Waals surface area (Å²) in [5.74, 6) is 0.464. The maximum Gasteiger partial charge on any atom is 0.251 e. The lowest BCUT2D eigenvalue weighted by atomic mass is 9.95. The Morgan fingerprint density at radius 3 is 2.54 bits per heavy atom. The van der Waals surface area contributed by atoms with Crippen molar-refractivity contribution in [2.75, 3.05) is 12.3 Å². The summed E-state index contributed by atoms with van der Waals surface area (Å²) in [6.07, 6.45) is 8.00. The van der Waals surface area contributed by atoms with Gasteiger partial charge in [-0.2, -0.15) is 0 Å². The Labute approximate surface area is 210 Å². The van der Waals surface area contributed by atoms with Gasteiger partial charge in [-0.1, -0.05) is 67.8 Å². The second-order valence-electron chi connectivity index (χ2n) is 9.21. The monoisotopic (exact) mass is 485 g/mol. The highest BCUT2D eigenvalue weighted by Crippen LogP contribution is 2.30. The standard InChI is InChI=1S/C29H31N3O2S/c33-28(31-24-10-2-1-3-11-24)20-35-27-19-32(26-13-7-6-12-25(26)27)17-16-30-29(34)23-15-14-21-8-4-5-9-22(21)18-23/h4-9,12-15,18-19,24H,1-3,10-11,16-17,20H2,(H,30,34)(H,31,33). The van der Waals surface area contributed by atoms with Crippen LogP contribution in [0, 0.1) is 0 Å². The molecule has 0 bridgehead atoms. The molecule has 1 aliphatic rings. The van der Waals surface area contributed by atoms with E-state index in [4.69, 9.17) is 0 Å². The zero-order chi connectivity index (χ0) is 24.0. The molecule has 35 heavy (non-hydrogen) atoms. The van der Waals surface area contributed by atoms with Crippen LogP contribution in [0.5, 0.6) is 0 Å². The van der Waals surface area contributed by atoms with Crippen LogP contribution in [0.1, 0.15) is 42.5 Å². The zero-order valence-corrected chi connectivity index (χ0v) is 20.7. The number of carbonyl (C=O) groups excluding carboxylic acids is 2. The molecule has 0 radical (unpaired) electrons. The second-order valence-corrected chi connectivity index (χ2v) is 10.2. The SMILES string of the molecule is O=C(CSc1cn(CCNC(=O)c2ccc3ccccc3c2)c2ccccc12)NC1CCCCC1. The van der Waals surface area contributed by atoms with Crippen molar-refractivity contribution in [3.63, 3.8) is 0 Å². The van der Waals surface area contributed by atoms with Gasteiger partial charge in [-0.3, -0.25) is 9.59 Å². The number of thioether (sulfide) groups is 1. The van der Waals surface area contributed by atoms with E-state index in [1.54, 1.807) is 11.8 Å². The van der Waals surface area contributed by atoms with Crippen LogP contribution in [0.2, 0.25) is 0 Å². The summed E-state index contributed by atoms with van der Waals surface area (Å²) in [7, 11) is 0. The first-order chi connectivity index (χ1) is 17.2. The van der Waals surface area contributed by atoms with Gasteiger partial charge in [0.2, 0.25) is 5.91 Å². The number of fused-ring (bicyclic) bond motifs is 2. The fourth-order valence-electron chi connectivity index (χ4n) is 4.90. The summed E-state index contributed by atoms with van der Waals surface area (Å²) >= 11 is 1.58. The van der Waals surface area contributed by atoms with E-state index in [2.05, 4.69) is 33.5 Å². The van der Waals surface area contributed by atoms with E-state index in [-0.39, 0.29) is 11.8 Å². The van der Waals surface area contributed by atoms with Crippen molar-refractivity contribution >= 4 is 45.3 Å². The van der Waals surface area contributed by atoms with Crippen molar-refractivity contribution < 1.29 is 9.59 Å². The third-order valence-corrected chi connectivity index (χ3v) is 7.77. The lowest BCUT2D eigenvalue weighted by Crippen LogP contribution is -2.37. The van der Waals surface area contributed by atoms with Crippen molar-refractivity contribution in [3.8, 4) is 0 Å². The normalized spacial score (nSPS) is 14.3. The number of amides is 2. The number of rotatable bonds is 8. The Morgan fingerprint density at radius 1 is 0.914 bits per heavy atom. The summed E-state index contributed by atoms with van der Waals surface area (Å²) < 4.78 is 2.16. The van der Waals surface area contributed by atoms with E-state index < -0.39 is 0 Å². The molecule has 0 spiro atoms. The molecular weight excluding hydrogens is 454 g/mol. The van der Waals surface area contributed by atoms with Crippen LogP contribution >= 0.6 is 11.8 Å². The van der Waals surface area contributed by atoms with Crippen LogP contribution in [-0.2, 0) is 11.3 Å². The summed E-state index contributed by atoms with van der Waals surface area (Å²) in [5.41, 5.74) is 1.78. The van der Waals surface area contributed by atoms with Gasteiger partial charge in [0.25, 0.3) is 5.91 Å². The molecule has 1 fully saturated rings. The number of hydrogen-bond acceptors (Lipinski definition) is 3. The maximum atomic E-state index is 12.7. The number of carbonyl (C=O) groups is 2. The van der Waals surface area contributed by atoms with Gasteiger partial charge in [0.05, 0.1) is 5.75 Å². The summed E-state index contributed by atoms with van der Waals surface area (Å²) in [6.45, 7) is 1.19. The van der Waals surface area contributed by atoms with Crippen molar-refractivity contribution in [3.05, 3.63) is 78.5 Å². The highest BCUT2D eigenvalue weighted by atomic mass is 32.2. The van der Waals surface area contributed by atoms with Gasteiger partial charge in [0.15, 0.2) is 0 Å². The first kappa shape index (κ1) is 23.5. The van der Waals surface area contributed by atoms with Gasteiger partial charge >= 0.3 is 0 Å². The van der Waals surface area contributed by atoms with E-state index in [1.807, 2.05) is 54.6 Å². The summed E-state index contributed by atoms with van der Waals surface area (Å²) in [4.78, 5) is 26.3. The van der Waals surface area contributed by atoms with E-state index in [0.717, 1.165) is 39.4 Å². The number of para-hydroxylation sites is 1. The van der Waals surface area contributed by atoms with Gasteiger partial charge in [-0.15, -0.1) is 11.8 Å². The molecule has 6 heteroatoms. The number of aromatic nitrogens is 1. The Balaban J connectivity index is 1.20. The van der Waals surface area contributed by atoms with E-state index in [0.29, 0.717) is 30.4 Å². The zero-order valence-electron chi connectivity index (χ0n) is 19.8. The average Bonchev–Trinajstić information content (AvgIpc) is 3.25. The van der Waals surface area contributed by atoms with Gasteiger partial charge in [0.1, 0.15) is 0 Å². The van der Waals surface area contributed by atoms with E-state index in [9.17, 15) is 9.59 Å². The molecule has 0 saturated heterocycles. The molecule has 5 nitrogen and oxygen atoms in total. The van der Waals surface area contributed by atoms with Crippen LogP contribution in [0.3, 0.4) is 0 Å². The summed E-state index contributed by atoms with van der Waals surface area (Å²) in [5, 5.41) is 9.58. The van der Waals surface area contributed by atoms with Gasteiger partial charge in [-0.05, 0) is 41.8 Å². The quantitative estimate of drug-likeness (QED) is 0.312. The van der Waals surface area contributed by atoms with Crippen LogP contribution in [0.15, 0.2) is 77.8 Å². The molecule has 0 aliphatic heterocycles. The molecule has 4 aromatic rings. The molecule has 0 unspecified atom stereocenters. The topological polar surface area (TPSA) is 63.1 Å². The first-order valence-electron chi connectivity index (χ1n) is 12.4. The number of nitrogens with one attached hydrogen (secondary N) is 2. The molecule has 2 N–H and O–H groups in total. The van der Waals surface area contributed by atoms with Crippen LogP contribution in [-0.4, -0.2) is 34.7 Å². The van der Waals surface area contributed by atoms with E-state index in [1.165, 1.54) is 19.3 Å². The van der Waals surface area contributed by atoms with Gasteiger partial charge < -0.3 is 15.2 Å². The summed E-state index contributed by atoms with van der Waals surface area (Å²) in [6, 6.07) is 22.4. The number of nitrogens with zero attached hydrogens (tertiary/aromatic N) is 1. The molecule has 1 heterocycles. The lowest BCUT2D eigenvalue weighted by Gasteiger charge is -2.22. The number of hydrogen-bond donors (Lipinski definition) is 2. The van der Waals surface area contributed by atoms with Gasteiger partial charge in [-0.25, -0.2) is 0 Å². The fourth-order valence-corrected chi connectivity index (χ4v) is 5.79. The molecule has 1 aromatic heterocycles. The minimum Gasteiger partial charge on any atom is -0.353 e. The molecule has 1 aliphatic carbocycles. The molecule has 2 amide bonds. The predicted octanol–water partition coefficient (Wildman–Crippen LogP) is 5.77. The van der Waals surface area contributed by atoms with Crippen LogP contribution in [0.25, 0.3) is 21.7 Å². The fraction of sp³-hybridized carbons (Fsp3) is 0.310. The lowest BCUT2D eigenvalue weighted by molar-refractivity contribution is -0.119. The van der Waals surface area contributed by atoms with Crippen molar-refractivity contribution in [2.24, 2.45) is 0 Å². The third-order valence-electron chi connectivity index (χ3n) is 6.73. The molecule has 1 saturated carbocycles. The molecule has 0 atom stereocenters. The Hall–Kier alpha value is -3.25. The molecule has 3 aromatic carbocycles. The molecule has 180 valence electrons. The van der Waals surface area contributed by atoms with Gasteiger partial charge in [0, 0.05) is 46.7 Å². The second kappa shape index (κ2) is 11.0. The smallest absolute Gasteiger partial charge is 0.251 e. The van der Waals surface area contributed by atoms with Crippen LogP contribution in [0.4, 0.5) is 0 Å². The molecule has 5 rings (SSSR count). The third kappa shape index (κ3) is 5.70. The minimum atomic E-state index is -0.0683. The first-order valence-corrected chi connectivity index (χ1v) is 13.4. The average molecular weight is 486 g/mol. The maximum absolute atomic E-state index is 12.7.